The summed E-state index contributed by atoms with van der Waals surface area (Å²) < 4.78 is 1.28. The van der Waals surface area contributed by atoms with Crippen LogP contribution in [-0.2, 0) is 7.05 Å². The maximum absolute atomic E-state index is 11.9. The van der Waals surface area contributed by atoms with Crippen LogP contribution in [0.15, 0.2) is 11.0 Å². The quantitative estimate of drug-likeness (QED) is 0.884. The van der Waals surface area contributed by atoms with E-state index in [0.717, 1.165) is 31.6 Å². The average Bonchev–Trinajstić information content (AvgIpc) is 3.05. The van der Waals surface area contributed by atoms with E-state index in [2.05, 4.69) is 15.3 Å². The number of halogens is 1. The van der Waals surface area contributed by atoms with Crippen molar-refractivity contribution in [1.29, 1.82) is 0 Å². The van der Waals surface area contributed by atoms with Crippen LogP contribution in [0.25, 0.3) is 0 Å². The highest BCUT2D eigenvalue weighted by Gasteiger charge is 2.34. The molecule has 2 aliphatic rings. The summed E-state index contributed by atoms with van der Waals surface area (Å²) in [5.41, 5.74) is 0.574. The van der Waals surface area contributed by atoms with Gasteiger partial charge in [-0.15, -0.1) is 0 Å². The molecule has 2 fully saturated rings. The molecule has 0 bridgehead atoms. The van der Waals surface area contributed by atoms with Gasteiger partial charge in [-0.05, 0) is 32.2 Å². The second-order valence-corrected chi connectivity index (χ2v) is 5.76. The second-order valence-electron chi connectivity index (χ2n) is 5.38. The standard InChI is InChI=1S/C13H19ClN4O/c1-17-13(19)12(14)11(8-16-17)18-7-3-5-10(18)9-4-2-6-15-9/h8-10,15H,2-7H2,1H3. The molecule has 1 aromatic rings. The van der Waals surface area contributed by atoms with Crippen molar-refractivity contribution in [2.45, 2.75) is 37.8 Å². The molecule has 2 aliphatic heterocycles. The van der Waals surface area contributed by atoms with Crippen molar-refractivity contribution in [3.05, 3.63) is 21.6 Å². The van der Waals surface area contributed by atoms with Crippen LogP contribution < -0.4 is 15.8 Å². The summed E-state index contributed by atoms with van der Waals surface area (Å²) in [6, 6.07) is 0.955. The van der Waals surface area contributed by atoms with Gasteiger partial charge in [0.15, 0.2) is 0 Å². The Bertz CT molecular complexity index is 524. The van der Waals surface area contributed by atoms with Gasteiger partial charge in [-0.1, -0.05) is 11.6 Å². The van der Waals surface area contributed by atoms with E-state index in [9.17, 15) is 4.79 Å². The third kappa shape index (κ3) is 2.25. The molecule has 1 aromatic heterocycles. The van der Waals surface area contributed by atoms with Crippen LogP contribution >= 0.6 is 11.6 Å². The van der Waals surface area contributed by atoms with E-state index in [1.54, 1.807) is 13.2 Å². The lowest BCUT2D eigenvalue weighted by Crippen LogP contribution is -2.44. The third-order valence-electron chi connectivity index (χ3n) is 4.23. The molecule has 19 heavy (non-hydrogen) atoms. The molecule has 0 saturated carbocycles. The SMILES string of the molecule is Cn1ncc(N2CCCC2C2CCCN2)c(Cl)c1=O. The summed E-state index contributed by atoms with van der Waals surface area (Å²) in [6.45, 7) is 2.05. The van der Waals surface area contributed by atoms with Crippen molar-refractivity contribution < 1.29 is 0 Å². The number of hydrogen-bond acceptors (Lipinski definition) is 4. The van der Waals surface area contributed by atoms with Crippen LogP contribution in [0.5, 0.6) is 0 Å². The molecule has 0 aliphatic carbocycles. The van der Waals surface area contributed by atoms with Gasteiger partial charge in [-0.2, -0.15) is 5.10 Å². The van der Waals surface area contributed by atoms with E-state index in [-0.39, 0.29) is 5.56 Å². The first-order valence-electron chi connectivity index (χ1n) is 6.90. The monoisotopic (exact) mass is 282 g/mol. The Morgan fingerprint density at radius 1 is 1.42 bits per heavy atom. The summed E-state index contributed by atoms with van der Waals surface area (Å²) in [5, 5.41) is 7.95. The Balaban J connectivity index is 1.92. The molecule has 0 spiro atoms. The molecular weight excluding hydrogens is 264 g/mol. The van der Waals surface area contributed by atoms with Crippen LogP contribution in [0.3, 0.4) is 0 Å². The number of nitrogens with zero attached hydrogens (tertiary/aromatic N) is 3. The van der Waals surface area contributed by atoms with Crippen molar-refractivity contribution in [2.75, 3.05) is 18.0 Å². The van der Waals surface area contributed by atoms with E-state index in [1.807, 2.05) is 0 Å². The molecule has 5 nitrogen and oxygen atoms in total. The minimum Gasteiger partial charge on any atom is -0.364 e. The maximum atomic E-state index is 11.9. The van der Waals surface area contributed by atoms with E-state index in [4.69, 9.17) is 11.6 Å². The number of aryl methyl sites for hydroxylation is 1. The molecule has 1 N–H and O–H groups in total. The Hall–Kier alpha value is -1.07. The first kappa shape index (κ1) is 12.9. The zero-order valence-corrected chi connectivity index (χ0v) is 11.9. The Kier molecular flexibility index (Phi) is 3.50. The zero-order chi connectivity index (χ0) is 13.4. The van der Waals surface area contributed by atoms with Crippen molar-refractivity contribution >= 4 is 17.3 Å². The predicted octanol–water partition coefficient (Wildman–Crippen LogP) is 1.15. The first-order chi connectivity index (χ1) is 9.18. The molecule has 3 heterocycles. The highest BCUT2D eigenvalue weighted by molar-refractivity contribution is 6.33. The highest BCUT2D eigenvalue weighted by atomic mass is 35.5. The number of nitrogens with one attached hydrogen (secondary N) is 1. The van der Waals surface area contributed by atoms with Gasteiger partial charge in [0.25, 0.3) is 5.56 Å². The van der Waals surface area contributed by atoms with Crippen LogP contribution in [0.2, 0.25) is 5.02 Å². The van der Waals surface area contributed by atoms with Gasteiger partial charge in [0.05, 0.1) is 11.9 Å². The Labute approximate surface area is 117 Å². The molecule has 0 aromatic carbocycles. The average molecular weight is 283 g/mol. The molecule has 2 saturated heterocycles. The minimum atomic E-state index is -0.218. The molecule has 6 heteroatoms. The smallest absolute Gasteiger partial charge is 0.287 e. The van der Waals surface area contributed by atoms with Crippen LogP contribution in [-0.4, -0.2) is 35.0 Å². The molecular formula is C13H19ClN4O. The van der Waals surface area contributed by atoms with Gasteiger partial charge in [0.2, 0.25) is 0 Å². The molecule has 2 atom stereocenters. The molecule has 104 valence electrons. The number of hydrogen-bond donors (Lipinski definition) is 1. The van der Waals surface area contributed by atoms with Crippen LogP contribution in [0.1, 0.15) is 25.7 Å². The summed E-state index contributed by atoms with van der Waals surface area (Å²) in [7, 11) is 1.62. The lowest BCUT2D eigenvalue weighted by atomic mass is 10.0. The highest BCUT2D eigenvalue weighted by Crippen LogP contribution is 2.32. The van der Waals surface area contributed by atoms with Crippen molar-refractivity contribution in [3.8, 4) is 0 Å². The van der Waals surface area contributed by atoms with Gasteiger partial charge < -0.3 is 10.2 Å². The summed E-state index contributed by atoms with van der Waals surface area (Å²) in [6.07, 6.45) is 6.46. The van der Waals surface area contributed by atoms with E-state index >= 15 is 0 Å². The lowest BCUT2D eigenvalue weighted by molar-refractivity contribution is 0.482. The number of aromatic nitrogens is 2. The second kappa shape index (κ2) is 5.13. The fraction of sp³-hybridized carbons (Fsp3) is 0.692. The largest absolute Gasteiger partial charge is 0.364 e. The Morgan fingerprint density at radius 3 is 3.00 bits per heavy atom. The predicted molar refractivity (Wildman–Crippen MR) is 75.9 cm³/mol. The fourth-order valence-electron chi connectivity index (χ4n) is 3.25. The van der Waals surface area contributed by atoms with E-state index in [1.165, 1.54) is 17.5 Å². The summed E-state index contributed by atoms with van der Waals surface area (Å²) in [5.74, 6) is 0. The first-order valence-corrected chi connectivity index (χ1v) is 7.28. The summed E-state index contributed by atoms with van der Waals surface area (Å²) in [4.78, 5) is 14.2. The molecule has 2 unspecified atom stereocenters. The van der Waals surface area contributed by atoms with Crippen LogP contribution in [0, 0.1) is 0 Å². The molecule has 3 rings (SSSR count). The van der Waals surface area contributed by atoms with Crippen molar-refractivity contribution in [2.24, 2.45) is 7.05 Å². The summed E-state index contributed by atoms with van der Waals surface area (Å²) >= 11 is 6.22. The zero-order valence-electron chi connectivity index (χ0n) is 11.1. The van der Waals surface area contributed by atoms with Crippen molar-refractivity contribution in [3.63, 3.8) is 0 Å². The van der Waals surface area contributed by atoms with Gasteiger partial charge in [0.1, 0.15) is 5.02 Å². The molecule has 0 radical (unpaired) electrons. The normalized spacial score (nSPS) is 27.2. The molecule has 0 amide bonds. The fourth-order valence-corrected chi connectivity index (χ4v) is 3.53. The topological polar surface area (TPSA) is 50.2 Å². The van der Waals surface area contributed by atoms with E-state index in [0.29, 0.717) is 17.1 Å². The number of rotatable bonds is 2. The maximum Gasteiger partial charge on any atom is 0.287 e. The van der Waals surface area contributed by atoms with Gasteiger partial charge in [0, 0.05) is 25.7 Å². The van der Waals surface area contributed by atoms with Gasteiger partial charge in [-0.3, -0.25) is 4.79 Å². The van der Waals surface area contributed by atoms with Crippen molar-refractivity contribution in [1.82, 2.24) is 15.1 Å². The Morgan fingerprint density at radius 2 is 2.26 bits per heavy atom. The lowest BCUT2D eigenvalue weighted by Gasteiger charge is -2.31. The van der Waals surface area contributed by atoms with Crippen LogP contribution in [0.4, 0.5) is 5.69 Å². The van der Waals surface area contributed by atoms with Gasteiger partial charge in [-0.25, -0.2) is 4.68 Å². The van der Waals surface area contributed by atoms with E-state index < -0.39 is 0 Å². The van der Waals surface area contributed by atoms with Gasteiger partial charge >= 0.3 is 0 Å². The third-order valence-corrected chi connectivity index (χ3v) is 4.59. The number of anilines is 1. The minimum absolute atomic E-state index is 0.218.